The molecule has 0 saturated heterocycles. The molecule has 0 spiro atoms. The second kappa shape index (κ2) is 7.97. The van der Waals surface area contributed by atoms with Crippen LogP contribution in [0.3, 0.4) is 0 Å². The number of hydrogen-bond acceptors (Lipinski definition) is 3. The van der Waals surface area contributed by atoms with Crippen molar-refractivity contribution in [1.82, 2.24) is 9.88 Å². The number of rotatable bonds is 7. The lowest BCUT2D eigenvalue weighted by atomic mass is 9.89. The third-order valence-electron chi connectivity index (χ3n) is 5.78. The molecule has 1 N–H and O–H groups in total. The molecule has 0 fully saturated rings. The monoisotopic (exact) mass is 378 g/mol. The molecule has 1 atom stereocenters. The zero-order valence-corrected chi connectivity index (χ0v) is 16.4. The molecular weight excluding hydrogens is 352 g/mol. The lowest BCUT2D eigenvalue weighted by Gasteiger charge is -2.35. The summed E-state index contributed by atoms with van der Waals surface area (Å²) in [6.45, 7) is 0.740. The highest BCUT2D eigenvalue weighted by Crippen LogP contribution is 2.39. The highest BCUT2D eigenvalue weighted by Gasteiger charge is 2.28. The first-order valence-corrected chi connectivity index (χ1v) is 9.76. The summed E-state index contributed by atoms with van der Waals surface area (Å²) in [5.74, 6) is 1.47. The molecule has 3 aromatic rings. The molecule has 5 heteroatoms. The summed E-state index contributed by atoms with van der Waals surface area (Å²) < 4.78 is 10.9. The Balaban J connectivity index is 1.55. The van der Waals surface area contributed by atoms with Gasteiger partial charge in [-0.1, -0.05) is 18.2 Å². The highest BCUT2D eigenvalue weighted by molar-refractivity contribution is 5.83. The predicted octanol–water partition coefficient (Wildman–Crippen LogP) is 4.26. The predicted molar refractivity (Wildman–Crippen MR) is 110 cm³/mol. The third-order valence-corrected chi connectivity index (χ3v) is 5.78. The Morgan fingerprint density at radius 1 is 1.18 bits per heavy atom. The van der Waals surface area contributed by atoms with Gasteiger partial charge >= 0.3 is 0 Å². The molecule has 28 heavy (non-hydrogen) atoms. The largest absolute Gasteiger partial charge is 0.493 e. The minimum absolute atomic E-state index is 0.0752. The van der Waals surface area contributed by atoms with Crippen molar-refractivity contribution in [3.8, 4) is 11.5 Å². The van der Waals surface area contributed by atoms with Crippen LogP contribution in [0, 0.1) is 0 Å². The summed E-state index contributed by atoms with van der Waals surface area (Å²) in [6, 6.07) is 12.6. The maximum atomic E-state index is 11.7. The number of aromatic amines is 1. The van der Waals surface area contributed by atoms with Gasteiger partial charge in [0, 0.05) is 23.6 Å². The van der Waals surface area contributed by atoms with Crippen molar-refractivity contribution in [3.05, 3.63) is 59.3 Å². The second-order valence-electron chi connectivity index (χ2n) is 7.27. The maximum Gasteiger partial charge on any atom is 0.210 e. The van der Waals surface area contributed by atoms with E-state index in [0.717, 1.165) is 50.1 Å². The summed E-state index contributed by atoms with van der Waals surface area (Å²) in [7, 11) is 3.31. The molecule has 0 saturated carbocycles. The molecule has 1 amide bonds. The van der Waals surface area contributed by atoms with Crippen LogP contribution in [-0.4, -0.2) is 37.1 Å². The van der Waals surface area contributed by atoms with Crippen LogP contribution in [0.2, 0.25) is 0 Å². The number of amides is 1. The average molecular weight is 378 g/mol. The number of H-pyrrole nitrogens is 1. The van der Waals surface area contributed by atoms with Crippen molar-refractivity contribution in [2.75, 3.05) is 20.8 Å². The van der Waals surface area contributed by atoms with Crippen LogP contribution in [-0.2, 0) is 17.6 Å². The Labute approximate surface area is 165 Å². The molecule has 1 aromatic heterocycles. The molecule has 0 aliphatic carbocycles. The molecule has 146 valence electrons. The van der Waals surface area contributed by atoms with Crippen molar-refractivity contribution in [2.45, 2.75) is 31.7 Å². The van der Waals surface area contributed by atoms with E-state index >= 15 is 0 Å². The van der Waals surface area contributed by atoms with E-state index in [-0.39, 0.29) is 6.04 Å². The number of aryl methyl sites for hydroxylation is 1. The molecule has 1 aliphatic heterocycles. The molecule has 0 bridgehead atoms. The third kappa shape index (κ3) is 3.33. The van der Waals surface area contributed by atoms with E-state index in [1.165, 1.54) is 27.6 Å². The van der Waals surface area contributed by atoms with E-state index in [9.17, 15) is 4.79 Å². The Morgan fingerprint density at radius 2 is 1.96 bits per heavy atom. The fourth-order valence-electron chi connectivity index (χ4n) is 4.32. The van der Waals surface area contributed by atoms with Gasteiger partial charge in [-0.15, -0.1) is 0 Å². The number of para-hydroxylation sites is 1. The molecular formula is C23H26N2O3. The molecule has 5 nitrogen and oxygen atoms in total. The highest BCUT2D eigenvalue weighted by atomic mass is 16.5. The Kier molecular flexibility index (Phi) is 5.24. The fraction of sp³-hybridized carbons (Fsp3) is 0.348. The summed E-state index contributed by atoms with van der Waals surface area (Å²) >= 11 is 0. The first kappa shape index (κ1) is 18.4. The molecule has 0 radical (unpaired) electrons. The Morgan fingerprint density at radius 3 is 2.75 bits per heavy atom. The Hall–Kier alpha value is -2.95. The van der Waals surface area contributed by atoms with Crippen molar-refractivity contribution >= 4 is 17.3 Å². The number of ether oxygens (including phenoxy) is 2. The number of nitrogens with zero attached hydrogens (tertiary/aromatic N) is 1. The quantitative estimate of drug-likeness (QED) is 0.625. The van der Waals surface area contributed by atoms with Crippen molar-refractivity contribution in [1.29, 1.82) is 0 Å². The van der Waals surface area contributed by atoms with E-state index in [0.29, 0.717) is 0 Å². The summed E-state index contributed by atoms with van der Waals surface area (Å²) in [4.78, 5) is 17.0. The zero-order valence-electron chi connectivity index (χ0n) is 16.4. The number of fused-ring (bicyclic) bond motifs is 2. The number of nitrogens with one attached hydrogen (secondary N) is 1. The van der Waals surface area contributed by atoms with Gasteiger partial charge in [0.1, 0.15) is 0 Å². The first-order valence-electron chi connectivity index (χ1n) is 9.76. The van der Waals surface area contributed by atoms with Gasteiger partial charge in [0.25, 0.3) is 0 Å². The zero-order chi connectivity index (χ0) is 19.5. The van der Waals surface area contributed by atoms with Crippen LogP contribution in [0.1, 0.15) is 35.6 Å². The molecule has 1 aliphatic rings. The van der Waals surface area contributed by atoms with Crippen LogP contribution in [0.25, 0.3) is 10.9 Å². The lowest BCUT2D eigenvalue weighted by Crippen LogP contribution is -2.34. The standard InChI is InChI=1S/C23H26N2O3/c1-27-22-12-16-10-11-25(15-26)21(19(16)13-23(22)28-2)9-5-6-17-14-24-20-8-4-3-7-18(17)20/h3-4,7-8,12-15,21,24H,5-6,9-11H2,1-2H3/t21-/m0/s1. The van der Waals surface area contributed by atoms with Gasteiger partial charge in [-0.05, 0) is 60.6 Å². The van der Waals surface area contributed by atoms with E-state index in [1.54, 1.807) is 14.2 Å². The van der Waals surface area contributed by atoms with E-state index in [2.05, 4.69) is 35.4 Å². The van der Waals surface area contributed by atoms with Crippen molar-refractivity contribution < 1.29 is 14.3 Å². The van der Waals surface area contributed by atoms with Crippen molar-refractivity contribution in [3.63, 3.8) is 0 Å². The number of aromatic nitrogens is 1. The van der Waals surface area contributed by atoms with Crippen molar-refractivity contribution in [2.24, 2.45) is 0 Å². The SMILES string of the molecule is COc1cc2c(cc1OC)[C@H](CCCc1c[nH]c3ccccc13)N(C=O)CC2. The molecule has 2 heterocycles. The molecule has 2 aromatic carbocycles. The Bertz CT molecular complexity index is 979. The topological polar surface area (TPSA) is 54.6 Å². The summed E-state index contributed by atoms with van der Waals surface area (Å²) in [6.07, 6.45) is 6.83. The number of carbonyl (C=O) groups is 1. The second-order valence-corrected chi connectivity index (χ2v) is 7.27. The smallest absolute Gasteiger partial charge is 0.210 e. The van der Waals surface area contributed by atoms with Gasteiger partial charge in [-0.2, -0.15) is 0 Å². The van der Waals surface area contributed by atoms with Gasteiger partial charge in [0.15, 0.2) is 11.5 Å². The van der Waals surface area contributed by atoms with Crippen LogP contribution < -0.4 is 9.47 Å². The van der Waals surface area contributed by atoms with Crippen LogP contribution in [0.15, 0.2) is 42.6 Å². The number of benzene rings is 2. The van der Waals surface area contributed by atoms with Gasteiger partial charge < -0.3 is 19.4 Å². The maximum absolute atomic E-state index is 11.7. The van der Waals surface area contributed by atoms with Gasteiger partial charge in [-0.3, -0.25) is 4.79 Å². The fourth-order valence-corrected chi connectivity index (χ4v) is 4.32. The van der Waals surface area contributed by atoms with Gasteiger partial charge in [0.2, 0.25) is 6.41 Å². The first-order chi connectivity index (χ1) is 13.7. The normalized spacial score (nSPS) is 16.1. The minimum atomic E-state index is 0.0752. The van der Waals surface area contributed by atoms with Crippen LogP contribution in [0.4, 0.5) is 0 Å². The lowest BCUT2D eigenvalue weighted by molar-refractivity contribution is -0.120. The van der Waals surface area contributed by atoms with E-state index in [1.807, 2.05) is 17.0 Å². The number of hydrogen-bond donors (Lipinski definition) is 1. The van der Waals surface area contributed by atoms with Gasteiger partial charge in [-0.25, -0.2) is 0 Å². The molecule has 0 unspecified atom stereocenters. The minimum Gasteiger partial charge on any atom is -0.493 e. The molecule has 4 rings (SSSR count). The van der Waals surface area contributed by atoms with Gasteiger partial charge in [0.05, 0.1) is 20.3 Å². The van der Waals surface area contributed by atoms with Crippen LogP contribution >= 0.6 is 0 Å². The number of carbonyl (C=O) groups excluding carboxylic acids is 1. The average Bonchev–Trinajstić information content (AvgIpc) is 3.16. The van der Waals surface area contributed by atoms with E-state index in [4.69, 9.17) is 9.47 Å². The summed E-state index contributed by atoms with van der Waals surface area (Å²) in [5, 5.41) is 1.28. The van der Waals surface area contributed by atoms with Crippen LogP contribution in [0.5, 0.6) is 11.5 Å². The van der Waals surface area contributed by atoms with E-state index < -0.39 is 0 Å². The summed E-state index contributed by atoms with van der Waals surface area (Å²) in [5.41, 5.74) is 4.92. The number of methoxy groups -OCH3 is 2.